The lowest BCUT2D eigenvalue weighted by Crippen LogP contribution is -2.72. The highest BCUT2D eigenvalue weighted by Gasteiger charge is 2.55. The van der Waals surface area contributed by atoms with Crippen LogP contribution in [0.25, 0.3) is 0 Å². The van der Waals surface area contributed by atoms with E-state index in [1.54, 1.807) is 4.90 Å². The molecule has 0 aliphatic carbocycles. The Hall–Kier alpha value is -3.54. The first-order chi connectivity index (χ1) is 18.3. The van der Waals surface area contributed by atoms with Crippen molar-refractivity contribution >= 4 is 28.8 Å². The molecule has 2 N–H and O–H groups in total. The zero-order chi connectivity index (χ0) is 26.8. The average molecular weight is 539 g/mol. The monoisotopic (exact) mass is 538 g/mol. The molecule has 0 saturated carbocycles. The van der Waals surface area contributed by atoms with Gasteiger partial charge in [-0.25, -0.2) is 9.59 Å². The second kappa shape index (κ2) is 11.1. The van der Waals surface area contributed by atoms with Crippen molar-refractivity contribution in [1.29, 1.82) is 0 Å². The summed E-state index contributed by atoms with van der Waals surface area (Å²) in [7, 11) is 0.426. The lowest BCUT2D eigenvalue weighted by atomic mass is 10.0. The lowest BCUT2D eigenvalue weighted by molar-refractivity contribution is -0.153. The van der Waals surface area contributed by atoms with Crippen molar-refractivity contribution in [3.8, 4) is 0 Å². The van der Waals surface area contributed by atoms with Gasteiger partial charge in [-0.3, -0.25) is 13.9 Å². The van der Waals surface area contributed by atoms with Gasteiger partial charge in [0, 0.05) is 31.8 Å². The van der Waals surface area contributed by atoms with E-state index in [1.807, 2.05) is 67.7 Å². The Morgan fingerprint density at radius 2 is 1.58 bits per heavy atom. The van der Waals surface area contributed by atoms with Crippen LogP contribution in [0.1, 0.15) is 17.2 Å². The number of rotatable bonds is 6. The summed E-state index contributed by atoms with van der Waals surface area (Å²) in [5.74, 6) is -1.34. The second-order valence-corrected chi connectivity index (χ2v) is 11.1. The summed E-state index contributed by atoms with van der Waals surface area (Å²) in [5.41, 5.74) is 7.65. The van der Waals surface area contributed by atoms with E-state index in [2.05, 4.69) is 4.90 Å². The second-order valence-electron chi connectivity index (χ2n) is 9.55. The van der Waals surface area contributed by atoms with Gasteiger partial charge in [0.2, 0.25) is 5.91 Å². The number of hydrogen-bond donors (Lipinski definition) is 1. The number of hydrogen-bond acceptors (Lipinski definition) is 8. The van der Waals surface area contributed by atoms with Gasteiger partial charge in [-0.05, 0) is 18.2 Å². The highest BCUT2D eigenvalue weighted by molar-refractivity contribution is 7.86. The van der Waals surface area contributed by atoms with Crippen LogP contribution in [-0.4, -0.2) is 93.9 Å². The number of β-lactam (4-membered cyclic amide) rings is 1. The molecule has 2 amide bonds. The van der Waals surface area contributed by atoms with Crippen molar-refractivity contribution in [1.82, 2.24) is 14.7 Å². The molecule has 3 aliphatic rings. The van der Waals surface area contributed by atoms with Crippen molar-refractivity contribution in [2.24, 2.45) is 5.73 Å². The van der Waals surface area contributed by atoms with E-state index < -0.39 is 46.3 Å². The number of amides is 2. The molecular weight excluding hydrogens is 508 g/mol. The zero-order valence-electron chi connectivity index (χ0n) is 21.0. The summed E-state index contributed by atoms with van der Waals surface area (Å²) < 4.78 is 24.5. The third kappa shape index (κ3) is 5.09. The van der Waals surface area contributed by atoms with Crippen LogP contribution in [0.4, 0.5) is 4.79 Å². The number of piperazine rings is 1. The smallest absolute Gasteiger partial charge is 0.410 e. The predicted octanol–water partition coefficient (Wildman–Crippen LogP) is 1.22. The fourth-order valence-corrected chi connectivity index (χ4v) is 6.45. The number of benzene rings is 2. The minimum absolute atomic E-state index is 0.0515. The van der Waals surface area contributed by atoms with Crippen molar-refractivity contribution in [3.63, 3.8) is 0 Å². The summed E-state index contributed by atoms with van der Waals surface area (Å²) >= 11 is 0. The van der Waals surface area contributed by atoms with Crippen LogP contribution in [0.15, 0.2) is 71.9 Å². The summed E-state index contributed by atoms with van der Waals surface area (Å²) in [4.78, 5) is 44.0. The van der Waals surface area contributed by atoms with E-state index in [-0.39, 0.29) is 23.6 Å². The number of ether oxygens (including phenoxy) is 2. The van der Waals surface area contributed by atoms with Gasteiger partial charge in [0.05, 0.1) is 16.6 Å². The summed E-state index contributed by atoms with van der Waals surface area (Å²) in [6.45, 7) is 2.21. The van der Waals surface area contributed by atoms with Crippen molar-refractivity contribution in [3.05, 3.63) is 83.1 Å². The molecule has 200 valence electrons. The summed E-state index contributed by atoms with van der Waals surface area (Å²) in [6, 6.07) is 17.5. The largest absolute Gasteiger partial charge is 0.448 e. The number of nitrogens with zero attached hydrogens (tertiary/aromatic N) is 3. The SMILES string of the molecule is CN1CCN(C(=O)OCC2=C(C(=O)OC(c3ccccc3)c3ccccc3)N3C(=O)C(N)[C@@H]3S(=O)C2)CC1. The zero-order valence-corrected chi connectivity index (χ0v) is 21.8. The number of nitrogens with two attached hydrogens (primary N) is 1. The molecule has 2 saturated heterocycles. The molecule has 0 radical (unpaired) electrons. The molecule has 10 nitrogen and oxygen atoms in total. The first-order valence-electron chi connectivity index (χ1n) is 12.4. The molecule has 3 heterocycles. The Kier molecular flexibility index (Phi) is 7.59. The van der Waals surface area contributed by atoms with Crippen LogP contribution in [0.2, 0.25) is 0 Å². The number of fused-ring (bicyclic) bond motifs is 1. The minimum Gasteiger partial charge on any atom is -0.448 e. The number of esters is 1. The highest BCUT2D eigenvalue weighted by atomic mass is 32.2. The van der Waals surface area contributed by atoms with Crippen molar-refractivity contribution in [2.75, 3.05) is 45.6 Å². The quantitative estimate of drug-likeness (QED) is 0.430. The lowest BCUT2D eigenvalue weighted by Gasteiger charge is -2.48. The van der Waals surface area contributed by atoms with E-state index in [4.69, 9.17) is 15.2 Å². The van der Waals surface area contributed by atoms with Gasteiger partial charge in [-0.1, -0.05) is 60.7 Å². The number of carbonyl (C=O) groups is 3. The van der Waals surface area contributed by atoms with Crippen LogP contribution in [0, 0.1) is 0 Å². The van der Waals surface area contributed by atoms with Crippen LogP contribution < -0.4 is 5.73 Å². The Bertz CT molecular complexity index is 1220. The van der Waals surface area contributed by atoms with E-state index in [9.17, 15) is 18.6 Å². The summed E-state index contributed by atoms with van der Waals surface area (Å²) in [6.07, 6.45) is -1.27. The molecule has 5 rings (SSSR count). The minimum atomic E-state index is -1.55. The Morgan fingerprint density at radius 3 is 2.16 bits per heavy atom. The van der Waals surface area contributed by atoms with Crippen LogP contribution >= 0.6 is 0 Å². The van der Waals surface area contributed by atoms with Gasteiger partial charge in [0.15, 0.2) is 6.10 Å². The van der Waals surface area contributed by atoms with Crippen molar-refractivity contribution in [2.45, 2.75) is 17.5 Å². The molecule has 0 aromatic heterocycles. The van der Waals surface area contributed by atoms with E-state index in [0.29, 0.717) is 13.1 Å². The van der Waals surface area contributed by atoms with E-state index in [0.717, 1.165) is 29.1 Å². The standard InChI is InChI=1S/C27H30N4O6S/c1-29-12-14-30(15-13-29)27(34)36-16-20-17-38(35)25-21(28)24(32)31(25)22(20)26(33)37-23(18-8-4-2-5-9-18)19-10-6-3-7-11-19/h2-11,21,23,25H,12-17,28H2,1H3/t21?,25-,38?/m0/s1. The molecule has 2 aromatic rings. The van der Waals surface area contributed by atoms with E-state index >= 15 is 0 Å². The number of carbonyl (C=O) groups excluding carboxylic acids is 3. The van der Waals surface area contributed by atoms with Crippen molar-refractivity contribution < 1.29 is 28.1 Å². The molecule has 0 bridgehead atoms. The Morgan fingerprint density at radius 1 is 1.00 bits per heavy atom. The maximum absolute atomic E-state index is 13.7. The Balaban J connectivity index is 1.43. The molecular formula is C27H30N4O6S. The predicted molar refractivity (Wildman–Crippen MR) is 140 cm³/mol. The molecule has 2 aromatic carbocycles. The van der Waals surface area contributed by atoms with Gasteiger partial charge in [-0.15, -0.1) is 0 Å². The van der Waals surface area contributed by atoms with Gasteiger partial charge in [0.1, 0.15) is 23.7 Å². The van der Waals surface area contributed by atoms with Crippen LogP contribution in [0.3, 0.4) is 0 Å². The van der Waals surface area contributed by atoms with Gasteiger partial charge in [0.25, 0.3) is 0 Å². The maximum atomic E-state index is 13.7. The highest BCUT2D eigenvalue weighted by Crippen LogP contribution is 2.36. The molecule has 2 unspecified atom stereocenters. The van der Waals surface area contributed by atoms with Gasteiger partial charge in [-0.2, -0.15) is 0 Å². The fourth-order valence-electron chi connectivity index (χ4n) is 4.83. The maximum Gasteiger partial charge on any atom is 0.410 e. The van der Waals surface area contributed by atoms with Gasteiger partial charge >= 0.3 is 12.1 Å². The van der Waals surface area contributed by atoms with Gasteiger partial charge < -0.3 is 25.0 Å². The summed E-state index contributed by atoms with van der Waals surface area (Å²) in [5, 5.41) is -0.825. The van der Waals surface area contributed by atoms with E-state index in [1.165, 1.54) is 0 Å². The average Bonchev–Trinajstić information content (AvgIpc) is 2.95. The fraction of sp³-hybridized carbons (Fsp3) is 0.370. The topological polar surface area (TPSA) is 122 Å². The molecule has 38 heavy (non-hydrogen) atoms. The normalized spacial score (nSPS) is 23.7. The molecule has 3 aliphatic heterocycles. The molecule has 2 fully saturated rings. The molecule has 3 atom stereocenters. The first kappa shape index (κ1) is 26.1. The van der Waals surface area contributed by atoms with Crippen LogP contribution in [0.5, 0.6) is 0 Å². The number of likely N-dealkylation sites (N-methyl/N-ethyl adjacent to an activating group) is 1. The molecule has 0 spiro atoms. The Labute approximate surface area is 223 Å². The molecule has 11 heteroatoms. The van der Waals surface area contributed by atoms with Crippen LogP contribution in [-0.2, 0) is 29.9 Å². The third-order valence-electron chi connectivity index (χ3n) is 7.00. The first-order valence-corrected chi connectivity index (χ1v) is 13.8. The third-order valence-corrected chi connectivity index (χ3v) is 8.68.